The fourth-order valence-corrected chi connectivity index (χ4v) is 2.96. The highest BCUT2D eigenvalue weighted by Gasteiger charge is 2.31. The van der Waals surface area contributed by atoms with Crippen LogP contribution in [0.4, 0.5) is 4.79 Å². The number of aromatic nitrogens is 2. The first kappa shape index (κ1) is 18.3. The van der Waals surface area contributed by atoms with Crippen LogP contribution in [0.3, 0.4) is 0 Å². The third-order valence-electron chi connectivity index (χ3n) is 4.11. The minimum Gasteiger partial charge on any atom is -0.444 e. The fourth-order valence-electron chi connectivity index (χ4n) is 2.96. The highest BCUT2D eigenvalue weighted by atomic mass is 16.6. The molecule has 1 aromatic carbocycles. The predicted molar refractivity (Wildman–Crippen MR) is 98.7 cm³/mol. The van der Waals surface area contributed by atoms with Crippen molar-refractivity contribution in [3.63, 3.8) is 0 Å². The monoisotopic (exact) mass is 355 g/mol. The lowest BCUT2D eigenvalue weighted by molar-refractivity contribution is -0.0319. The van der Waals surface area contributed by atoms with Crippen LogP contribution in [0.25, 0.3) is 11.3 Å². The molecule has 1 unspecified atom stereocenters. The predicted octanol–water partition coefficient (Wildman–Crippen LogP) is 3.32. The smallest absolute Gasteiger partial charge is 0.410 e. The van der Waals surface area contributed by atoms with Crippen LogP contribution in [0.15, 0.2) is 42.9 Å². The number of rotatable bonds is 3. The third kappa shape index (κ3) is 4.79. The molecular formula is C20H25N3O3. The normalized spacial score (nSPS) is 17.8. The van der Waals surface area contributed by atoms with Gasteiger partial charge in [0.05, 0.1) is 31.1 Å². The summed E-state index contributed by atoms with van der Waals surface area (Å²) in [6.45, 7) is 7.23. The molecule has 0 aliphatic carbocycles. The molecule has 138 valence electrons. The van der Waals surface area contributed by atoms with Crippen LogP contribution in [0.5, 0.6) is 0 Å². The molecule has 1 amide bonds. The Labute approximate surface area is 154 Å². The maximum atomic E-state index is 12.5. The summed E-state index contributed by atoms with van der Waals surface area (Å²) in [6.07, 6.45) is 5.51. The number of carbonyl (C=O) groups is 1. The van der Waals surface area contributed by atoms with Gasteiger partial charge in [0, 0.05) is 24.5 Å². The van der Waals surface area contributed by atoms with Crippen molar-refractivity contribution >= 4 is 6.09 Å². The van der Waals surface area contributed by atoms with E-state index in [0.717, 1.165) is 16.8 Å². The number of hydrogen-bond acceptors (Lipinski definition) is 5. The Morgan fingerprint density at radius 3 is 2.92 bits per heavy atom. The van der Waals surface area contributed by atoms with Crippen molar-refractivity contribution in [2.45, 2.75) is 38.8 Å². The van der Waals surface area contributed by atoms with Gasteiger partial charge in [-0.15, -0.1) is 0 Å². The molecule has 1 aliphatic rings. The Morgan fingerprint density at radius 1 is 1.35 bits per heavy atom. The van der Waals surface area contributed by atoms with Gasteiger partial charge in [-0.1, -0.05) is 18.2 Å². The van der Waals surface area contributed by atoms with Gasteiger partial charge in [0.1, 0.15) is 5.60 Å². The highest BCUT2D eigenvalue weighted by molar-refractivity contribution is 5.69. The van der Waals surface area contributed by atoms with Crippen molar-refractivity contribution in [2.75, 3.05) is 19.8 Å². The zero-order valence-electron chi connectivity index (χ0n) is 15.5. The third-order valence-corrected chi connectivity index (χ3v) is 4.11. The minimum atomic E-state index is -0.508. The lowest BCUT2D eigenvalue weighted by Crippen LogP contribution is -2.51. The molecule has 2 aromatic rings. The molecule has 1 fully saturated rings. The van der Waals surface area contributed by atoms with Crippen LogP contribution >= 0.6 is 0 Å². The van der Waals surface area contributed by atoms with Gasteiger partial charge in [-0.2, -0.15) is 0 Å². The van der Waals surface area contributed by atoms with Crippen LogP contribution < -0.4 is 0 Å². The second-order valence-corrected chi connectivity index (χ2v) is 7.40. The van der Waals surface area contributed by atoms with E-state index in [1.54, 1.807) is 23.5 Å². The van der Waals surface area contributed by atoms with Gasteiger partial charge in [-0.25, -0.2) is 4.79 Å². The van der Waals surface area contributed by atoms with Gasteiger partial charge in [-0.05, 0) is 38.8 Å². The van der Waals surface area contributed by atoms with Crippen LogP contribution in [0, 0.1) is 0 Å². The fraction of sp³-hybridized carbons (Fsp3) is 0.450. The summed E-state index contributed by atoms with van der Waals surface area (Å²) in [4.78, 5) is 22.8. The van der Waals surface area contributed by atoms with Crippen molar-refractivity contribution < 1.29 is 14.3 Å². The molecule has 1 saturated heterocycles. The maximum Gasteiger partial charge on any atom is 0.410 e. The van der Waals surface area contributed by atoms with Crippen LogP contribution in [-0.4, -0.2) is 52.4 Å². The molecule has 1 aliphatic heterocycles. The molecule has 0 saturated carbocycles. The lowest BCUT2D eigenvalue weighted by Gasteiger charge is -2.36. The number of amides is 1. The Morgan fingerprint density at radius 2 is 2.19 bits per heavy atom. The largest absolute Gasteiger partial charge is 0.444 e. The molecule has 1 atom stereocenters. The van der Waals surface area contributed by atoms with Gasteiger partial charge in [-0.3, -0.25) is 9.97 Å². The van der Waals surface area contributed by atoms with E-state index in [1.807, 2.05) is 32.9 Å². The molecule has 2 heterocycles. The van der Waals surface area contributed by atoms with Crippen LogP contribution in [-0.2, 0) is 15.9 Å². The van der Waals surface area contributed by atoms with Crippen molar-refractivity contribution in [2.24, 2.45) is 0 Å². The average molecular weight is 355 g/mol. The van der Waals surface area contributed by atoms with E-state index >= 15 is 0 Å². The van der Waals surface area contributed by atoms with E-state index in [9.17, 15) is 4.79 Å². The summed E-state index contributed by atoms with van der Waals surface area (Å²) in [7, 11) is 0. The number of benzene rings is 1. The average Bonchev–Trinajstić information content (AvgIpc) is 2.62. The first-order valence-electron chi connectivity index (χ1n) is 8.85. The Hall–Kier alpha value is -2.47. The zero-order chi connectivity index (χ0) is 18.6. The molecule has 1 aromatic heterocycles. The van der Waals surface area contributed by atoms with Gasteiger partial charge >= 0.3 is 6.09 Å². The summed E-state index contributed by atoms with van der Waals surface area (Å²) >= 11 is 0. The second-order valence-electron chi connectivity index (χ2n) is 7.40. The van der Waals surface area contributed by atoms with E-state index in [4.69, 9.17) is 9.47 Å². The summed E-state index contributed by atoms with van der Waals surface area (Å²) in [5, 5.41) is 0. The van der Waals surface area contributed by atoms with E-state index in [1.165, 1.54) is 0 Å². The van der Waals surface area contributed by atoms with Gasteiger partial charge in [0.2, 0.25) is 0 Å². The quantitative estimate of drug-likeness (QED) is 0.845. The van der Waals surface area contributed by atoms with Crippen molar-refractivity contribution in [1.82, 2.24) is 14.9 Å². The van der Waals surface area contributed by atoms with Gasteiger partial charge in [0.25, 0.3) is 0 Å². The maximum absolute atomic E-state index is 12.5. The molecule has 0 bridgehead atoms. The zero-order valence-corrected chi connectivity index (χ0v) is 15.5. The van der Waals surface area contributed by atoms with Crippen molar-refractivity contribution in [1.29, 1.82) is 0 Å². The number of hydrogen-bond donors (Lipinski definition) is 0. The molecule has 0 N–H and O–H groups in total. The summed E-state index contributed by atoms with van der Waals surface area (Å²) < 4.78 is 11.2. The van der Waals surface area contributed by atoms with Gasteiger partial charge in [0.15, 0.2) is 0 Å². The van der Waals surface area contributed by atoms with Crippen LogP contribution in [0.2, 0.25) is 0 Å². The van der Waals surface area contributed by atoms with E-state index < -0.39 is 5.60 Å². The summed E-state index contributed by atoms with van der Waals surface area (Å²) in [5.74, 6) is 0. The number of carbonyl (C=O) groups excluding carboxylic acids is 1. The van der Waals surface area contributed by atoms with E-state index in [0.29, 0.717) is 26.2 Å². The summed E-state index contributed by atoms with van der Waals surface area (Å²) in [6, 6.07) is 8.11. The molecule has 3 rings (SSSR count). The first-order chi connectivity index (χ1) is 12.4. The standard InChI is InChI=1S/C20H25N3O3/c1-20(2,3)26-19(24)23-9-10-25-14-17(23)12-15-5-4-6-16(11-15)18-13-21-7-8-22-18/h4-8,11,13,17H,9-10,12,14H2,1-3H3. The first-order valence-corrected chi connectivity index (χ1v) is 8.85. The van der Waals surface area contributed by atoms with Crippen molar-refractivity contribution in [3.05, 3.63) is 48.4 Å². The molecule has 0 radical (unpaired) electrons. The Balaban J connectivity index is 1.75. The molecule has 26 heavy (non-hydrogen) atoms. The molecule has 0 spiro atoms. The second kappa shape index (κ2) is 7.83. The lowest BCUT2D eigenvalue weighted by atomic mass is 10.0. The van der Waals surface area contributed by atoms with Crippen molar-refractivity contribution in [3.8, 4) is 11.3 Å². The molecular weight excluding hydrogens is 330 g/mol. The number of ether oxygens (including phenoxy) is 2. The highest BCUT2D eigenvalue weighted by Crippen LogP contribution is 2.21. The Bertz CT molecular complexity index is 743. The molecule has 6 heteroatoms. The SMILES string of the molecule is CC(C)(C)OC(=O)N1CCOCC1Cc1cccc(-c2cnccn2)c1. The van der Waals surface area contributed by atoms with E-state index in [2.05, 4.69) is 22.1 Å². The summed E-state index contributed by atoms with van der Waals surface area (Å²) in [5.41, 5.74) is 2.46. The number of nitrogens with zero attached hydrogens (tertiary/aromatic N) is 3. The van der Waals surface area contributed by atoms with Gasteiger partial charge < -0.3 is 14.4 Å². The topological polar surface area (TPSA) is 64.5 Å². The van der Waals surface area contributed by atoms with E-state index in [-0.39, 0.29) is 12.1 Å². The minimum absolute atomic E-state index is 0.0456. The molecule has 6 nitrogen and oxygen atoms in total. The van der Waals surface area contributed by atoms with Crippen LogP contribution in [0.1, 0.15) is 26.3 Å². The number of morpholine rings is 1. The Kier molecular flexibility index (Phi) is 5.52.